The molecule has 2 aromatic rings. The SMILES string of the molecule is Cc1ccc(CCc2ccc(C=CCC3CC3C(C)C(=O)O)cc2)cc1. The molecule has 2 aromatic carbocycles. The molecule has 3 atom stereocenters. The molecule has 3 rings (SSSR count). The van der Waals surface area contributed by atoms with E-state index in [1.165, 1.54) is 22.3 Å². The maximum Gasteiger partial charge on any atom is 0.306 e. The zero-order chi connectivity index (χ0) is 18.5. The second-order valence-electron chi connectivity index (χ2n) is 7.65. The van der Waals surface area contributed by atoms with Crippen LogP contribution in [0.25, 0.3) is 6.08 Å². The predicted molar refractivity (Wildman–Crippen MR) is 107 cm³/mol. The molecular formula is C24H28O2. The van der Waals surface area contributed by atoms with Crippen LogP contribution in [0.2, 0.25) is 0 Å². The highest BCUT2D eigenvalue weighted by atomic mass is 16.4. The first-order valence-electron chi connectivity index (χ1n) is 9.57. The Morgan fingerprint density at radius 3 is 2.23 bits per heavy atom. The molecule has 0 heterocycles. The summed E-state index contributed by atoms with van der Waals surface area (Å²) in [6.07, 6.45) is 8.52. The molecule has 0 amide bonds. The molecule has 1 aliphatic rings. The fraction of sp³-hybridized carbons (Fsp3) is 0.375. The lowest BCUT2D eigenvalue weighted by Crippen LogP contribution is -2.12. The van der Waals surface area contributed by atoms with Gasteiger partial charge in [-0.1, -0.05) is 73.2 Å². The number of carboxylic acid groups (broad SMARTS) is 1. The van der Waals surface area contributed by atoms with Crippen molar-refractivity contribution in [1.82, 2.24) is 0 Å². The zero-order valence-corrected chi connectivity index (χ0v) is 15.7. The first-order chi connectivity index (χ1) is 12.5. The lowest BCUT2D eigenvalue weighted by atomic mass is 10.0. The van der Waals surface area contributed by atoms with Crippen LogP contribution in [-0.2, 0) is 17.6 Å². The lowest BCUT2D eigenvalue weighted by molar-refractivity contribution is -0.141. The van der Waals surface area contributed by atoms with Gasteiger partial charge >= 0.3 is 5.97 Å². The fourth-order valence-electron chi connectivity index (χ4n) is 3.56. The van der Waals surface area contributed by atoms with E-state index in [1.54, 1.807) is 0 Å². The van der Waals surface area contributed by atoms with Crippen molar-refractivity contribution in [1.29, 1.82) is 0 Å². The summed E-state index contributed by atoms with van der Waals surface area (Å²) < 4.78 is 0. The second-order valence-corrected chi connectivity index (χ2v) is 7.65. The highest BCUT2D eigenvalue weighted by molar-refractivity contribution is 5.70. The van der Waals surface area contributed by atoms with E-state index in [0.29, 0.717) is 11.8 Å². The van der Waals surface area contributed by atoms with Gasteiger partial charge in [-0.3, -0.25) is 4.79 Å². The van der Waals surface area contributed by atoms with Gasteiger partial charge in [0.05, 0.1) is 5.92 Å². The number of hydrogen-bond donors (Lipinski definition) is 1. The van der Waals surface area contributed by atoms with Crippen molar-refractivity contribution < 1.29 is 9.90 Å². The Balaban J connectivity index is 1.44. The highest BCUT2D eigenvalue weighted by Crippen LogP contribution is 2.46. The Morgan fingerprint density at radius 2 is 1.65 bits per heavy atom. The summed E-state index contributed by atoms with van der Waals surface area (Å²) in [6.45, 7) is 3.94. The van der Waals surface area contributed by atoms with Crippen molar-refractivity contribution in [3.8, 4) is 0 Å². The Labute approximate surface area is 156 Å². The van der Waals surface area contributed by atoms with Gasteiger partial charge in [0.15, 0.2) is 0 Å². The molecule has 1 fully saturated rings. The van der Waals surface area contributed by atoms with Crippen LogP contribution < -0.4 is 0 Å². The molecule has 1 saturated carbocycles. The third kappa shape index (κ3) is 5.08. The van der Waals surface area contributed by atoms with Gasteiger partial charge in [0.2, 0.25) is 0 Å². The number of carboxylic acids is 1. The van der Waals surface area contributed by atoms with Gasteiger partial charge in [0.1, 0.15) is 0 Å². The Kier molecular flexibility index (Phi) is 5.92. The maximum atomic E-state index is 11.0. The largest absolute Gasteiger partial charge is 0.481 e. The predicted octanol–water partition coefficient (Wildman–Crippen LogP) is 5.54. The van der Waals surface area contributed by atoms with E-state index in [-0.39, 0.29) is 5.92 Å². The van der Waals surface area contributed by atoms with Gasteiger partial charge in [-0.05, 0) is 61.1 Å². The summed E-state index contributed by atoms with van der Waals surface area (Å²) in [5.74, 6) is 0.0383. The van der Waals surface area contributed by atoms with E-state index in [9.17, 15) is 4.79 Å². The van der Waals surface area contributed by atoms with Crippen LogP contribution in [0.4, 0.5) is 0 Å². The van der Waals surface area contributed by atoms with E-state index < -0.39 is 5.97 Å². The fourth-order valence-corrected chi connectivity index (χ4v) is 3.56. The first kappa shape index (κ1) is 18.4. The average Bonchev–Trinajstić information content (AvgIpc) is 3.41. The Bertz CT molecular complexity index is 756. The van der Waals surface area contributed by atoms with E-state index in [4.69, 9.17) is 5.11 Å². The van der Waals surface area contributed by atoms with Crippen molar-refractivity contribution in [2.45, 2.75) is 39.5 Å². The molecule has 0 aromatic heterocycles. The van der Waals surface area contributed by atoms with Crippen molar-refractivity contribution in [2.24, 2.45) is 17.8 Å². The van der Waals surface area contributed by atoms with Gasteiger partial charge in [-0.15, -0.1) is 0 Å². The number of allylic oxidation sites excluding steroid dienone is 1. The van der Waals surface area contributed by atoms with Gasteiger partial charge in [-0.2, -0.15) is 0 Å². The number of benzene rings is 2. The molecular weight excluding hydrogens is 320 g/mol. The number of hydrogen-bond acceptors (Lipinski definition) is 1. The van der Waals surface area contributed by atoms with Crippen LogP contribution >= 0.6 is 0 Å². The highest BCUT2D eigenvalue weighted by Gasteiger charge is 2.42. The van der Waals surface area contributed by atoms with Crippen LogP contribution in [0, 0.1) is 24.7 Å². The first-order valence-corrected chi connectivity index (χ1v) is 9.57. The summed E-state index contributed by atoms with van der Waals surface area (Å²) in [5.41, 5.74) is 5.27. The van der Waals surface area contributed by atoms with Crippen LogP contribution in [0.15, 0.2) is 54.6 Å². The van der Waals surface area contributed by atoms with Crippen molar-refractivity contribution >= 4 is 12.0 Å². The van der Waals surface area contributed by atoms with Crippen molar-refractivity contribution in [3.05, 3.63) is 76.9 Å². The number of aryl methyl sites for hydroxylation is 3. The summed E-state index contributed by atoms with van der Waals surface area (Å²) in [6, 6.07) is 17.5. The zero-order valence-electron chi connectivity index (χ0n) is 15.7. The summed E-state index contributed by atoms with van der Waals surface area (Å²) in [4.78, 5) is 11.0. The molecule has 1 N–H and O–H groups in total. The third-order valence-electron chi connectivity index (χ3n) is 5.56. The van der Waals surface area contributed by atoms with Crippen LogP contribution in [0.5, 0.6) is 0 Å². The van der Waals surface area contributed by atoms with E-state index in [1.807, 2.05) is 6.92 Å². The minimum absolute atomic E-state index is 0.207. The lowest BCUT2D eigenvalue weighted by Gasteiger charge is -2.04. The summed E-state index contributed by atoms with van der Waals surface area (Å²) >= 11 is 0. The van der Waals surface area contributed by atoms with Gasteiger partial charge < -0.3 is 5.11 Å². The number of rotatable bonds is 8. The minimum Gasteiger partial charge on any atom is -0.481 e. The van der Waals surface area contributed by atoms with Crippen LogP contribution in [-0.4, -0.2) is 11.1 Å². The molecule has 2 nitrogen and oxygen atoms in total. The Hall–Kier alpha value is -2.35. The molecule has 2 heteroatoms. The van der Waals surface area contributed by atoms with E-state index in [2.05, 4.69) is 67.6 Å². The quantitative estimate of drug-likeness (QED) is 0.680. The molecule has 136 valence electrons. The van der Waals surface area contributed by atoms with Gasteiger partial charge in [0, 0.05) is 0 Å². The number of aliphatic carboxylic acids is 1. The minimum atomic E-state index is -0.664. The monoisotopic (exact) mass is 348 g/mol. The number of carbonyl (C=O) groups is 1. The van der Waals surface area contributed by atoms with Gasteiger partial charge in [0.25, 0.3) is 0 Å². The summed E-state index contributed by atoms with van der Waals surface area (Å²) in [5, 5.41) is 9.05. The van der Waals surface area contributed by atoms with Crippen LogP contribution in [0.3, 0.4) is 0 Å². The molecule has 26 heavy (non-hydrogen) atoms. The smallest absolute Gasteiger partial charge is 0.306 e. The molecule has 1 aliphatic carbocycles. The topological polar surface area (TPSA) is 37.3 Å². The molecule has 0 radical (unpaired) electrons. The maximum absolute atomic E-state index is 11.0. The van der Waals surface area contributed by atoms with Crippen LogP contribution in [0.1, 0.15) is 42.0 Å². The molecule has 0 spiro atoms. The molecule has 3 unspecified atom stereocenters. The third-order valence-corrected chi connectivity index (χ3v) is 5.56. The van der Waals surface area contributed by atoms with Crippen molar-refractivity contribution in [3.63, 3.8) is 0 Å². The molecule has 0 bridgehead atoms. The molecule has 0 saturated heterocycles. The Morgan fingerprint density at radius 1 is 1.08 bits per heavy atom. The van der Waals surface area contributed by atoms with E-state index in [0.717, 1.165) is 25.7 Å². The van der Waals surface area contributed by atoms with Crippen molar-refractivity contribution in [2.75, 3.05) is 0 Å². The van der Waals surface area contributed by atoms with Gasteiger partial charge in [-0.25, -0.2) is 0 Å². The average molecular weight is 348 g/mol. The normalized spacial score (nSPS) is 20.2. The standard InChI is InChI=1S/C24H28O2/c1-17-6-8-20(9-7-17)14-15-21-12-10-19(11-13-21)4-3-5-22-16-23(22)18(2)24(25)26/h3-4,6-13,18,22-23H,5,14-16H2,1-2H3,(H,25,26). The molecule has 0 aliphatic heterocycles. The summed E-state index contributed by atoms with van der Waals surface area (Å²) in [7, 11) is 0. The second kappa shape index (κ2) is 8.35. The van der Waals surface area contributed by atoms with E-state index >= 15 is 0 Å².